The minimum Gasteiger partial charge on any atom is -0.505 e. The molecule has 0 bridgehead atoms. The third-order valence-electron chi connectivity index (χ3n) is 4.60. The zero-order valence-electron chi connectivity index (χ0n) is 13.9. The molecule has 1 aromatic heterocycles. The Bertz CT molecular complexity index is 830. The van der Waals surface area contributed by atoms with E-state index >= 15 is 0 Å². The number of nitrogens with zero attached hydrogens (tertiary/aromatic N) is 1. The zero-order chi connectivity index (χ0) is 17.2. The molecule has 0 amide bonds. The number of aromatic hydroxyl groups is 1. The van der Waals surface area contributed by atoms with Crippen LogP contribution < -0.4 is 4.74 Å². The molecule has 3 nitrogen and oxygen atoms in total. The Hall–Kier alpha value is -2.11. The van der Waals surface area contributed by atoms with Crippen molar-refractivity contribution >= 4 is 21.4 Å². The van der Waals surface area contributed by atoms with E-state index in [4.69, 9.17) is 4.74 Å². The number of phenolic OH excluding ortho intramolecular Hbond substituents is 1. The summed E-state index contributed by atoms with van der Waals surface area (Å²) in [6.45, 7) is 4.06. The number of phenols is 1. The summed E-state index contributed by atoms with van der Waals surface area (Å²) in [6, 6.07) is 12.8. The van der Waals surface area contributed by atoms with Crippen LogP contribution in [-0.4, -0.2) is 36.2 Å². The molecule has 1 fully saturated rings. The summed E-state index contributed by atoms with van der Waals surface area (Å²) in [7, 11) is 0. The lowest BCUT2D eigenvalue weighted by atomic mass is 10.1. The number of fused-ring (bicyclic) bond motifs is 1. The third kappa shape index (κ3) is 3.62. The van der Waals surface area contributed by atoms with Crippen LogP contribution in [0.15, 0.2) is 42.5 Å². The Morgan fingerprint density at radius 1 is 1.08 bits per heavy atom. The van der Waals surface area contributed by atoms with Gasteiger partial charge in [-0.05, 0) is 73.3 Å². The van der Waals surface area contributed by atoms with Crippen molar-refractivity contribution in [2.24, 2.45) is 0 Å². The van der Waals surface area contributed by atoms with E-state index in [1.54, 1.807) is 0 Å². The van der Waals surface area contributed by atoms with Crippen LogP contribution >= 0.6 is 11.3 Å². The molecule has 1 N–H and O–H groups in total. The van der Waals surface area contributed by atoms with Gasteiger partial charge in [0.05, 0.1) is 0 Å². The lowest BCUT2D eigenvalue weighted by Gasteiger charge is -2.14. The van der Waals surface area contributed by atoms with Gasteiger partial charge in [0.1, 0.15) is 12.4 Å². The van der Waals surface area contributed by atoms with Crippen LogP contribution in [0.3, 0.4) is 0 Å². The summed E-state index contributed by atoms with van der Waals surface area (Å²) in [5.74, 6) is -0.0194. The third-order valence-corrected chi connectivity index (χ3v) is 5.75. The van der Waals surface area contributed by atoms with Crippen molar-refractivity contribution < 1.29 is 14.2 Å². The summed E-state index contributed by atoms with van der Waals surface area (Å²) < 4.78 is 20.2. The molecule has 1 saturated heterocycles. The molecular weight excluding hydrogens is 337 g/mol. The Kier molecular flexibility index (Phi) is 4.59. The summed E-state index contributed by atoms with van der Waals surface area (Å²) in [5.41, 5.74) is 1.06. The van der Waals surface area contributed by atoms with Gasteiger partial charge in [-0.25, -0.2) is 4.39 Å². The average molecular weight is 357 g/mol. The standard InChI is InChI=1S/C20H20FNO2S/c21-17-11-15-12-19(25-20(15)13-18(17)23)14-3-5-16(6-4-14)24-10-9-22-7-1-2-8-22/h3-6,11-13,23H,1-2,7-10H2. The van der Waals surface area contributed by atoms with Crippen molar-refractivity contribution in [1.82, 2.24) is 4.90 Å². The van der Waals surface area contributed by atoms with E-state index in [-0.39, 0.29) is 5.75 Å². The number of ether oxygens (including phenoxy) is 1. The maximum Gasteiger partial charge on any atom is 0.165 e. The highest BCUT2D eigenvalue weighted by Gasteiger charge is 2.11. The van der Waals surface area contributed by atoms with Crippen LogP contribution in [0.4, 0.5) is 4.39 Å². The lowest BCUT2D eigenvalue weighted by Crippen LogP contribution is -2.25. The smallest absolute Gasteiger partial charge is 0.165 e. The van der Waals surface area contributed by atoms with Gasteiger partial charge >= 0.3 is 0 Å². The number of thiophene rings is 1. The fourth-order valence-electron chi connectivity index (χ4n) is 3.20. The summed E-state index contributed by atoms with van der Waals surface area (Å²) in [6.07, 6.45) is 2.59. The van der Waals surface area contributed by atoms with Crippen molar-refractivity contribution in [2.75, 3.05) is 26.2 Å². The van der Waals surface area contributed by atoms with Crippen LogP contribution in [-0.2, 0) is 0 Å². The van der Waals surface area contributed by atoms with Gasteiger partial charge in [0.15, 0.2) is 11.6 Å². The molecule has 4 rings (SSSR count). The number of benzene rings is 2. The van der Waals surface area contributed by atoms with E-state index in [0.717, 1.165) is 32.8 Å². The van der Waals surface area contributed by atoms with E-state index in [1.165, 1.54) is 49.4 Å². The predicted molar refractivity (Wildman–Crippen MR) is 100 cm³/mol. The van der Waals surface area contributed by atoms with E-state index in [1.807, 2.05) is 30.3 Å². The van der Waals surface area contributed by atoms with E-state index in [0.29, 0.717) is 6.61 Å². The van der Waals surface area contributed by atoms with Gasteiger partial charge in [-0.3, -0.25) is 4.90 Å². The van der Waals surface area contributed by atoms with E-state index in [2.05, 4.69) is 4.90 Å². The Labute approximate surface area is 150 Å². The fourth-order valence-corrected chi connectivity index (χ4v) is 4.29. The largest absolute Gasteiger partial charge is 0.505 e. The van der Waals surface area contributed by atoms with Crippen molar-refractivity contribution in [2.45, 2.75) is 12.8 Å². The highest BCUT2D eigenvalue weighted by molar-refractivity contribution is 7.22. The number of hydrogen-bond acceptors (Lipinski definition) is 4. The Morgan fingerprint density at radius 3 is 2.60 bits per heavy atom. The van der Waals surface area contributed by atoms with Crippen molar-refractivity contribution in [1.29, 1.82) is 0 Å². The Balaban J connectivity index is 1.44. The van der Waals surface area contributed by atoms with Gasteiger partial charge in [0, 0.05) is 22.2 Å². The molecule has 2 heterocycles. The first-order valence-corrected chi connectivity index (χ1v) is 9.38. The molecule has 5 heteroatoms. The predicted octanol–water partition coefficient (Wildman–Crippen LogP) is 4.89. The van der Waals surface area contributed by atoms with E-state index in [9.17, 15) is 9.50 Å². The highest BCUT2D eigenvalue weighted by Crippen LogP contribution is 2.36. The quantitative estimate of drug-likeness (QED) is 0.706. The van der Waals surface area contributed by atoms with Crippen LogP contribution in [0.25, 0.3) is 20.5 Å². The molecule has 1 aliphatic rings. The molecule has 1 aliphatic heterocycles. The molecule has 0 radical (unpaired) electrons. The lowest BCUT2D eigenvalue weighted by molar-refractivity contribution is 0.238. The van der Waals surface area contributed by atoms with Crippen LogP contribution in [0.5, 0.6) is 11.5 Å². The molecule has 3 aromatic rings. The molecule has 2 aromatic carbocycles. The number of hydrogen-bond donors (Lipinski definition) is 1. The SMILES string of the molecule is Oc1cc2sc(-c3ccc(OCCN4CCCC4)cc3)cc2cc1F. The van der Waals surface area contributed by atoms with Gasteiger partial charge in [-0.1, -0.05) is 0 Å². The first-order chi connectivity index (χ1) is 12.2. The monoisotopic (exact) mass is 357 g/mol. The van der Waals surface area contributed by atoms with Crippen LogP contribution in [0, 0.1) is 5.82 Å². The molecule has 0 spiro atoms. The van der Waals surface area contributed by atoms with Crippen molar-refractivity contribution in [3.8, 4) is 21.9 Å². The summed E-state index contributed by atoms with van der Waals surface area (Å²) in [5, 5.41) is 10.3. The molecule has 0 atom stereocenters. The zero-order valence-corrected chi connectivity index (χ0v) is 14.7. The maximum atomic E-state index is 13.5. The summed E-state index contributed by atoms with van der Waals surface area (Å²) in [4.78, 5) is 3.48. The van der Waals surface area contributed by atoms with Crippen LogP contribution in [0.1, 0.15) is 12.8 Å². The fraction of sp³-hybridized carbons (Fsp3) is 0.300. The van der Waals surface area contributed by atoms with Gasteiger partial charge in [-0.2, -0.15) is 0 Å². The first kappa shape index (κ1) is 16.4. The maximum absolute atomic E-state index is 13.5. The average Bonchev–Trinajstić information content (AvgIpc) is 3.26. The second-order valence-corrected chi connectivity index (χ2v) is 7.46. The van der Waals surface area contributed by atoms with Crippen molar-refractivity contribution in [3.63, 3.8) is 0 Å². The topological polar surface area (TPSA) is 32.7 Å². The molecular formula is C20H20FNO2S. The highest BCUT2D eigenvalue weighted by atomic mass is 32.1. The molecule has 0 unspecified atom stereocenters. The van der Waals surface area contributed by atoms with Crippen molar-refractivity contribution in [3.05, 3.63) is 48.3 Å². The molecule has 130 valence electrons. The summed E-state index contributed by atoms with van der Waals surface area (Å²) >= 11 is 1.54. The number of likely N-dealkylation sites (tertiary alicyclic amines) is 1. The number of rotatable bonds is 5. The van der Waals surface area contributed by atoms with Gasteiger partial charge in [0.25, 0.3) is 0 Å². The Morgan fingerprint density at radius 2 is 1.84 bits per heavy atom. The molecule has 0 saturated carbocycles. The molecule has 25 heavy (non-hydrogen) atoms. The van der Waals surface area contributed by atoms with Crippen LogP contribution in [0.2, 0.25) is 0 Å². The van der Waals surface area contributed by atoms with Gasteiger partial charge < -0.3 is 9.84 Å². The normalized spacial score (nSPS) is 15.1. The number of halogens is 1. The second-order valence-electron chi connectivity index (χ2n) is 6.37. The minimum absolute atomic E-state index is 0.303. The van der Waals surface area contributed by atoms with Gasteiger partial charge in [-0.15, -0.1) is 11.3 Å². The molecule has 0 aliphatic carbocycles. The van der Waals surface area contributed by atoms with Gasteiger partial charge in [0.2, 0.25) is 0 Å². The van der Waals surface area contributed by atoms with E-state index < -0.39 is 5.82 Å². The second kappa shape index (κ2) is 7.02. The minimum atomic E-state index is -0.585. The first-order valence-electron chi connectivity index (χ1n) is 8.57.